The van der Waals surface area contributed by atoms with Crippen molar-refractivity contribution in [3.8, 4) is 5.75 Å². The summed E-state index contributed by atoms with van der Waals surface area (Å²) >= 11 is 6.10. The van der Waals surface area contributed by atoms with Gasteiger partial charge in [-0.15, -0.1) is 0 Å². The molecule has 1 aromatic rings. The summed E-state index contributed by atoms with van der Waals surface area (Å²) in [6.45, 7) is 7.32. The van der Waals surface area contributed by atoms with Gasteiger partial charge in [-0.2, -0.15) is 0 Å². The van der Waals surface area contributed by atoms with E-state index in [1.807, 2.05) is 32.2 Å². The maximum Gasteiger partial charge on any atom is 0.122 e. The van der Waals surface area contributed by atoms with Crippen molar-refractivity contribution in [3.05, 3.63) is 28.8 Å². The summed E-state index contributed by atoms with van der Waals surface area (Å²) < 4.78 is 5.68. The number of hydrogen-bond donors (Lipinski definition) is 1. The highest BCUT2D eigenvalue weighted by Gasteiger charge is 2.21. The van der Waals surface area contributed by atoms with Crippen LogP contribution in [-0.4, -0.2) is 44.7 Å². The number of benzene rings is 1. The van der Waals surface area contributed by atoms with Crippen molar-refractivity contribution in [1.82, 2.24) is 10.2 Å². The van der Waals surface area contributed by atoms with Gasteiger partial charge in [-0.3, -0.25) is 0 Å². The Morgan fingerprint density at radius 2 is 2.30 bits per heavy atom. The monoisotopic (exact) mass is 296 g/mol. The Morgan fingerprint density at radius 1 is 1.45 bits per heavy atom. The largest absolute Gasteiger partial charge is 0.494 e. The third kappa shape index (κ3) is 4.37. The van der Waals surface area contributed by atoms with Crippen LogP contribution in [0.5, 0.6) is 5.75 Å². The molecule has 112 valence electrons. The van der Waals surface area contributed by atoms with E-state index in [-0.39, 0.29) is 0 Å². The van der Waals surface area contributed by atoms with Gasteiger partial charge in [-0.05, 0) is 69.6 Å². The molecule has 1 fully saturated rings. The molecular formula is C16H25ClN2O. The van der Waals surface area contributed by atoms with E-state index in [1.54, 1.807) is 0 Å². The van der Waals surface area contributed by atoms with Crippen molar-refractivity contribution in [2.75, 3.05) is 39.8 Å². The summed E-state index contributed by atoms with van der Waals surface area (Å²) in [4.78, 5) is 2.54. The lowest BCUT2D eigenvalue weighted by Crippen LogP contribution is -2.26. The lowest BCUT2D eigenvalue weighted by atomic mass is 10.1. The maximum atomic E-state index is 6.10. The average molecular weight is 297 g/mol. The molecule has 1 heterocycles. The first-order chi connectivity index (χ1) is 9.72. The van der Waals surface area contributed by atoms with Gasteiger partial charge in [0.25, 0.3) is 0 Å². The van der Waals surface area contributed by atoms with E-state index in [4.69, 9.17) is 16.3 Å². The van der Waals surface area contributed by atoms with Crippen LogP contribution >= 0.6 is 11.6 Å². The van der Waals surface area contributed by atoms with E-state index in [0.717, 1.165) is 36.2 Å². The van der Waals surface area contributed by atoms with Gasteiger partial charge in [-0.25, -0.2) is 0 Å². The smallest absolute Gasteiger partial charge is 0.122 e. The highest BCUT2D eigenvalue weighted by atomic mass is 35.5. The fraction of sp³-hybridized carbons (Fsp3) is 0.625. The van der Waals surface area contributed by atoms with Gasteiger partial charge in [0.05, 0.1) is 6.61 Å². The lowest BCUT2D eigenvalue weighted by Gasteiger charge is -2.17. The SMILES string of the molecule is CCOc1ccc(Cl)cc1CCN1CCC(CNC)C1. The van der Waals surface area contributed by atoms with Gasteiger partial charge >= 0.3 is 0 Å². The summed E-state index contributed by atoms with van der Waals surface area (Å²) in [6, 6.07) is 5.91. The zero-order valence-corrected chi connectivity index (χ0v) is 13.2. The van der Waals surface area contributed by atoms with Gasteiger partial charge < -0.3 is 15.0 Å². The normalized spacial score (nSPS) is 19.4. The second kappa shape index (κ2) is 7.87. The first kappa shape index (κ1) is 15.6. The number of halogens is 1. The minimum atomic E-state index is 0.697. The molecule has 0 radical (unpaired) electrons. The Balaban J connectivity index is 1.89. The van der Waals surface area contributed by atoms with E-state index < -0.39 is 0 Å². The number of nitrogens with one attached hydrogen (secondary N) is 1. The molecule has 20 heavy (non-hydrogen) atoms. The van der Waals surface area contributed by atoms with Crippen LogP contribution in [0.15, 0.2) is 18.2 Å². The Bertz CT molecular complexity index is 425. The first-order valence-corrected chi connectivity index (χ1v) is 7.89. The Hall–Kier alpha value is -0.770. The fourth-order valence-corrected chi connectivity index (χ4v) is 3.08. The summed E-state index contributed by atoms with van der Waals surface area (Å²) in [5.41, 5.74) is 1.22. The van der Waals surface area contributed by atoms with Crippen LogP contribution < -0.4 is 10.1 Å². The predicted octanol–water partition coefficient (Wildman–Crippen LogP) is 2.82. The molecule has 1 unspecified atom stereocenters. The van der Waals surface area contributed by atoms with Crippen LogP contribution in [0, 0.1) is 5.92 Å². The molecule has 1 N–H and O–H groups in total. The lowest BCUT2D eigenvalue weighted by molar-refractivity contribution is 0.316. The van der Waals surface area contributed by atoms with E-state index in [2.05, 4.69) is 10.2 Å². The summed E-state index contributed by atoms with van der Waals surface area (Å²) in [7, 11) is 2.03. The van der Waals surface area contributed by atoms with Crippen LogP contribution in [0.3, 0.4) is 0 Å². The molecule has 0 saturated carbocycles. The van der Waals surface area contributed by atoms with Crippen LogP contribution in [0.4, 0.5) is 0 Å². The molecule has 4 heteroatoms. The summed E-state index contributed by atoms with van der Waals surface area (Å²) in [5.74, 6) is 1.77. The molecule has 1 aromatic carbocycles. The molecule has 0 amide bonds. The summed E-state index contributed by atoms with van der Waals surface area (Å²) in [6.07, 6.45) is 2.30. The predicted molar refractivity (Wildman–Crippen MR) is 84.8 cm³/mol. The number of hydrogen-bond acceptors (Lipinski definition) is 3. The number of likely N-dealkylation sites (tertiary alicyclic amines) is 1. The maximum absolute atomic E-state index is 6.10. The molecule has 1 atom stereocenters. The number of rotatable bonds is 7. The molecule has 1 aliphatic rings. The zero-order chi connectivity index (χ0) is 14.4. The van der Waals surface area contributed by atoms with E-state index in [9.17, 15) is 0 Å². The molecular weight excluding hydrogens is 272 g/mol. The van der Waals surface area contributed by atoms with Gasteiger partial charge in [0.2, 0.25) is 0 Å². The van der Waals surface area contributed by atoms with E-state index >= 15 is 0 Å². The van der Waals surface area contributed by atoms with Crippen molar-refractivity contribution < 1.29 is 4.74 Å². The molecule has 0 aromatic heterocycles. The van der Waals surface area contributed by atoms with Crippen molar-refractivity contribution >= 4 is 11.6 Å². The number of ether oxygens (including phenoxy) is 1. The van der Waals surface area contributed by atoms with Gasteiger partial charge in [0.15, 0.2) is 0 Å². The van der Waals surface area contributed by atoms with E-state index in [0.29, 0.717) is 6.61 Å². The quantitative estimate of drug-likeness (QED) is 0.837. The highest BCUT2D eigenvalue weighted by molar-refractivity contribution is 6.30. The second-order valence-electron chi connectivity index (χ2n) is 5.45. The molecule has 0 aliphatic carbocycles. The molecule has 3 nitrogen and oxygen atoms in total. The van der Waals surface area contributed by atoms with E-state index in [1.165, 1.54) is 25.1 Å². The number of nitrogens with zero attached hydrogens (tertiary/aromatic N) is 1. The molecule has 2 rings (SSSR count). The third-order valence-corrected chi connectivity index (χ3v) is 4.12. The Morgan fingerprint density at radius 3 is 3.05 bits per heavy atom. The van der Waals surface area contributed by atoms with Crippen molar-refractivity contribution in [1.29, 1.82) is 0 Å². The minimum absolute atomic E-state index is 0.697. The molecule has 1 aliphatic heterocycles. The molecule has 1 saturated heterocycles. The standard InChI is InChI=1S/C16H25ClN2O/c1-3-20-16-5-4-15(17)10-14(16)7-9-19-8-6-13(12-19)11-18-2/h4-5,10,13,18H,3,6-9,11-12H2,1-2H3. The van der Waals surface area contributed by atoms with Crippen LogP contribution in [0.2, 0.25) is 5.02 Å². The van der Waals surface area contributed by atoms with Gasteiger partial charge in [0.1, 0.15) is 5.75 Å². The zero-order valence-electron chi connectivity index (χ0n) is 12.5. The van der Waals surface area contributed by atoms with Gasteiger partial charge in [0, 0.05) is 18.1 Å². The third-order valence-electron chi connectivity index (χ3n) is 3.88. The van der Waals surface area contributed by atoms with Crippen LogP contribution in [0.1, 0.15) is 18.9 Å². The summed E-state index contributed by atoms with van der Waals surface area (Å²) in [5, 5.41) is 4.06. The topological polar surface area (TPSA) is 24.5 Å². The Kier molecular flexibility index (Phi) is 6.14. The first-order valence-electron chi connectivity index (χ1n) is 7.51. The Labute approximate surface area is 127 Å². The van der Waals surface area contributed by atoms with Crippen molar-refractivity contribution in [2.45, 2.75) is 19.8 Å². The van der Waals surface area contributed by atoms with Crippen molar-refractivity contribution in [2.24, 2.45) is 5.92 Å². The highest BCUT2D eigenvalue weighted by Crippen LogP contribution is 2.24. The molecule has 0 bridgehead atoms. The van der Waals surface area contributed by atoms with Crippen LogP contribution in [0.25, 0.3) is 0 Å². The average Bonchev–Trinajstić information content (AvgIpc) is 2.87. The van der Waals surface area contributed by atoms with Gasteiger partial charge in [-0.1, -0.05) is 11.6 Å². The fourth-order valence-electron chi connectivity index (χ4n) is 2.89. The second-order valence-corrected chi connectivity index (χ2v) is 5.88. The van der Waals surface area contributed by atoms with Crippen molar-refractivity contribution in [3.63, 3.8) is 0 Å². The molecule has 0 spiro atoms. The minimum Gasteiger partial charge on any atom is -0.494 e. The van der Waals surface area contributed by atoms with Crippen LogP contribution in [-0.2, 0) is 6.42 Å².